The monoisotopic (exact) mass is 344 g/mol. The molecule has 0 radical (unpaired) electrons. The molecule has 0 bridgehead atoms. The number of carbonyl (C=O) groups is 2. The summed E-state index contributed by atoms with van der Waals surface area (Å²) in [5, 5.41) is 2.89. The van der Waals surface area contributed by atoms with Crippen LogP contribution in [0.15, 0.2) is 23.1 Å². The van der Waals surface area contributed by atoms with E-state index in [1.54, 1.807) is 0 Å². The Morgan fingerprint density at radius 1 is 1.12 bits per heavy atom. The predicted molar refractivity (Wildman–Crippen MR) is 96.4 cm³/mol. The lowest BCUT2D eigenvalue weighted by Crippen LogP contribution is -2.43. The standard InChI is InChI=1S/C19H24N2O2S/c1-12-2-5-14(6-3-12)21(15-7-8-15)19(23)13-4-9-17-16(10-13)20-18(22)11-24-17/h4,9-10,12,14-15H,2-3,5-8,11H2,1H3,(H,20,22). The second-order valence-corrected chi connectivity index (χ2v) is 8.42. The van der Waals surface area contributed by atoms with Crippen molar-refractivity contribution < 1.29 is 9.59 Å². The van der Waals surface area contributed by atoms with Crippen LogP contribution in [0.5, 0.6) is 0 Å². The molecule has 1 aliphatic heterocycles. The Hall–Kier alpha value is -1.49. The highest BCUT2D eigenvalue weighted by Gasteiger charge is 2.39. The molecule has 0 unspecified atom stereocenters. The highest BCUT2D eigenvalue weighted by molar-refractivity contribution is 8.00. The number of anilines is 1. The number of amides is 2. The van der Waals surface area contributed by atoms with E-state index in [1.165, 1.54) is 24.6 Å². The molecule has 4 nitrogen and oxygen atoms in total. The summed E-state index contributed by atoms with van der Waals surface area (Å²) in [6, 6.07) is 6.58. The van der Waals surface area contributed by atoms with Gasteiger partial charge in [-0.2, -0.15) is 0 Å². The fourth-order valence-corrected chi connectivity index (χ4v) is 4.66. The first-order valence-electron chi connectivity index (χ1n) is 9.01. The molecule has 3 aliphatic rings. The molecule has 128 valence electrons. The summed E-state index contributed by atoms with van der Waals surface area (Å²) < 4.78 is 0. The number of benzene rings is 1. The van der Waals surface area contributed by atoms with Gasteiger partial charge in [-0.3, -0.25) is 9.59 Å². The van der Waals surface area contributed by atoms with Crippen molar-refractivity contribution in [1.82, 2.24) is 4.90 Å². The molecule has 0 spiro atoms. The molecule has 5 heteroatoms. The van der Waals surface area contributed by atoms with Crippen molar-refractivity contribution >= 4 is 29.3 Å². The van der Waals surface area contributed by atoms with Gasteiger partial charge in [0.25, 0.3) is 5.91 Å². The van der Waals surface area contributed by atoms with Gasteiger partial charge in [-0.25, -0.2) is 0 Å². The van der Waals surface area contributed by atoms with Crippen LogP contribution < -0.4 is 5.32 Å². The minimum absolute atomic E-state index is 0.0115. The van der Waals surface area contributed by atoms with Gasteiger partial charge in [0.2, 0.25) is 5.91 Å². The van der Waals surface area contributed by atoms with Crippen molar-refractivity contribution in [2.75, 3.05) is 11.1 Å². The Kier molecular flexibility index (Phi) is 4.29. The Morgan fingerprint density at radius 3 is 2.46 bits per heavy atom. The largest absolute Gasteiger partial charge is 0.333 e. The molecule has 1 aromatic rings. The molecule has 0 aromatic heterocycles. The van der Waals surface area contributed by atoms with Gasteiger partial charge < -0.3 is 10.2 Å². The third kappa shape index (κ3) is 3.18. The van der Waals surface area contributed by atoms with E-state index in [4.69, 9.17) is 0 Å². The number of fused-ring (bicyclic) bond motifs is 1. The predicted octanol–water partition coefficient (Wildman–Crippen LogP) is 3.91. The third-order valence-electron chi connectivity index (χ3n) is 5.41. The maximum Gasteiger partial charge on any atom is 0.254 e. The van der Waals surface area contributed by atoms with E-state index in [0.29, 0.717) is 23.4 Å². The van der Waals surface area contributed by atoms with E-state index in [1.807, 2.05) is 18.2 Å². The second kappa shape index (κ2) is 6.43. The Balaban J connectivity index is 1.57. The van der Waals surface area contributed by atoms with Gasteiger partial charge in [0.05, 0.1) is 11.4 Å². The summed E-state index contributed by atoms with van der Waals surface area (Å²) in [6.07, 6.45) is 6.96. The number of thioether (sulfide) groups is 1. The summed E-state index contributed by atoms with van der Waals surface area (Å²) in [5.41, 5.74) is 1.50. The first-order chi connectivity index (χ1) is 11.6. The van der Waals surface area contributed by atoms with E-state index in [9.17, 15) is 9.59 Å². The van der Waals surface area contributed by atoms with Crippen molar-refractivity contribution in [3.8, 4) is 0 Å². The topological polar surface area (TPSA) is 49.4 Å². The number of hydrogen-bond donors (Lipinski definition) is 1. The lowest BCUT2D eigenvalue weighted by Gasteiger charge is -2.36. The van der Waals surface area contributed by atoms with E-state index >= 15 is 0 Å². The van der Waals surface area contributed by atoms with Crippen molar-refractivity contribution in [3.05, 3.63) is 23.8 Å². The van der Waals surface area contributed by atoms with Crippen LogP contribution in [-0.4, -0.2) is 34.6 Å². The van der Waals surface area contributed by atoms with Gasteiger partial charge in [0, 0.05) is 22.5 Å². The molecule has 2 saturated carbocycles. The maximum absolute atomic E-state index is 13.2. The fraction of sp³-hybridized carbons (Fsp3) is 0.579. The average molecular weight is 344 g/mol. The van der Waals surface area contributed by atoms with Gasteiger partial charge in [-0.15, -0.1) is 11.8 Å². The number of hydrogen-bond acceptors (Lipinski definition) is 3. The highest BCUT2D eigenvalue weighted by atomic mass is 32.2. The first-order valence-corrected chi connectivity index (χ1v) is 10.00. The van der Waals surface area contributed by atoms with Crippen molar-refractivity contribution in [3.63, 3.8) is 0 Å². The zero-order valence-electron chi connectivity index (χ0n) is 14.1. The molecule has 4 rings (SSSR count). The maximum atomic E-state index is 13.2. The molecule has 1 aromatic carbocycles. The Morgan fingerprint density at radius 2 is 1.79 bits per heavy atom. The zero-order valence-corrected chi connectivity index (χ0v) is 14.9. The molecule has 2 fully saturated rings. The minimum atomic E-state index is 0.0115. The minimum Gasteiger partial charge on any atom is -0.333 e. The quantitative estimate of drug-likeness (QED) is 0.904. The third-order valence-corrected chi connectivity index (χ3v) is 6.49. The van der Waals surface area contributed by atoms with Gasteiger partial charge in [-0.1, -0.05) is 6.92 Å². The zero-order chi connectivity index (χ0) is 16.7. The highest BCUT2D eigenvalue weighted by Crippen LogP contribution is 2.37. The van der Waals surface area contributed by atoms with Crippen molar-refractivity contribution in [1.29, 1.82) is 0 Å². The number of nitrogens with zero attached hydrogens (tertiary/aromatic N) is 1. The number of nitrogens with one attached hydrogen (secondary N) is 1. The summed E-state index contributed by atoms with van der Waals surface area (Å²) in [7, 11) is 0. The van der Waals surface area contributed by atoms with Crippen LogP contribution in [0.4, 0.5) is 5.69 Å². The summed E-state index contributed by atoms with van der Waals surface area (Å²) >= 11 is 1.54. The SMILES string of the molecule is CC1CCC(N(C(=O)c2ccc3c(c2)NC(=O)CS3)C2CC2)CC1. The molecule has 2 aliphatic carbocycles. The van der Waals surface area contributed by atoms with E-state index < -0.39 is 0 Å². The van der Waals surface area contributed by atoms with Crippen molar-refractivity contribution in [2.24, 2.45) is 5.92 Å². The Labute approximate surface area is 147 Å². The molecule has 2 amide bonds. The van der Waals surface area contributed by atoms with Gasteiger partial charge in [0.1, 0.15) is 0 Å². The number of carbonyl (C=O) groups excluding carboxylic acids is 2. The van der Waals surface area contributed by atoms with Crippen LogP contribution in [0.25, 0.3) is 0 Å². The normalized spacial score (nSPS) is 26.5. The van der Waals surface area contributed by atoms with E-state index in [0.717, 1.165) is 42.2 Å². The molecule has 1 N–H and O–H groups in total. The van der Waals surface area contributed by atoms with E-state index in [2.05, 4.69) is 17.1 Å². The van der Waals surface area contributed by atoms with Crippen LogP contribution >= 0.6 is 11.8 Å². The van der Waals surface area contributed by atoms with Crippen LogP contribution in [-0.2, 0) is 4.79 Å². The summed E-state index contributed by atoms with van der Waals surface area (Å²) in [4.78, 5) is 28.0. The fourth-order valence-electron chi connectivity index (χ4n) is 3.87. The molecule has 1 heterocycles. The molecule has 24 heavy (non-hydrogen) atoms. The smallest absolute Gasteiger partial charge is 0.254 e. The average Bonchev–Trinajstić information content (AvgIpc) is 3.41. The van der Waals surface area contributed by atoms with Crippen LogP contribution in [0, 0.1) is 5.92 Å². The van der Waals surface area contributed by atoms with E-state index in [-0.39, 0.29) is 11.8 Å². The molecular formula is C19H24N2O2S. The Bertz CT molecular complexity index is 663. The van der Waals surface area contributed by atoms with Gasteiger partial charge in [0.15, 0.2) is 0 Å². The molecular weight excluding hydrogens is 320 g/mol. The molecule has 0 saturated heterocycles. The summed E-state index contributed by atoms with van der Waals surface area (Å²) in [6.45, 7) is 2.31. The second-order valence-electron chi connectivity index (χ2n) is 7.41. The molecule has 0 atom stereocenters. The lowest BCUT2D eigenvalue weighted by molar-refractivity contribution is -0.113. The van der Waals surface area contributed by atoms with Crippen LogP contribution in [0.1, 0.15) is 55.8 Å². The summed E-state index contributed by atoms with van der Waals surface area (Å²) in [5.74, 6) is 1.39. The first kappa shape index (κ1) is 16.0. The van der Waals surface area contributed by atoms with Gasteiger partial charge >= 0.3 is 0 Å². The lowest BCUT2D eigenvalue weighted by atomic mass is 9.86. The van der Waals surface area contributed by atoms with Crippen LogP contribution in [0.3, 0.4) is 0 Å². The number of rotatable bonds is 3. The van der Waals surface area contributed by atoms with Gasteiger partial charge in [-0.05, 0) is 62.6 Å². The van der Waals surface area contributed by atoms with Crippen molar-refractivity contribution in [2.45, 2.75) is 62.4 Å². The van der Waals surface area contributed by atoms with Crippen LogP contribution in [0.2, 0.25) is 0 Å².